The second-order valence-corrected chi connectivity index (χ2v) is 7.47. The highest BCUT2D eigenvalue weighted by molar-refractivity contribution is 6.30. The number of aromatic nitrogens is 3. The van der Waals surface area contributed by atoms with Crippen molar-refractivity contribution in [3.05, 3.63) is 65.3 Å². The summed E-state index contributed by atoms with van der Waals surface area (Å²) in [4.78, 5) is 20.6. The maximum Gasteiger partial charge on any atom is 0.321 e. The summed E-state index contributed by atoms with van der Waals surface area (Å²) < 4.78 is 0. The number of benzene rings is 1. The van der Waals surface area contributed by atoms with E-state index in [0.717, 1.165) is 22.9 Å². The number of hydrogen-bond donors (Lipinski definition) is 2. The monoisotopic (exact) mass is 423 g/mol. The summed E-state index contributed by atoms with van der Waals surface area (Å²) in [5, 5.41) is 15.3. The first-order chi connectivity index (χ1) is 14.6. The lowest BCUT2D eigenvalue weighted by Crippen LogP contribution is -2.50. The Kier molecular flexibility index (Phi) is 5.94. The van der Waals surface area contributed by atoms with Gasteiger partial charge in [0.2, 0.25) is 0 Å². The van der Waals surface area contributed by atoms with Crippen molar-refractivity contribution in [3.8, 4) is 0 Å². The van der Waals surface area contributed by atoms with Gasteiger partial charge in [-0.1, -0.05) is 11.6 Å². The van der Waals surface area contributed by atoms with Gasteiger partial charge in [-0.2, -0.15) is 0 Å². The fourth-order valence-electron chi connectivity index (χ4n) is 3.17. The number of hydrogen-bond acceptors (Lipinski definition) is 6. The number of aryl methyl sites for hydroxylation is 1. The lowest BCUT2D eigenvalue weighted by molar-refractivity contribution is 0.208. The zero-order chi connectivity index (χ0) is 20.9. The highest BCUT2D eigenvalue weighted by Crippen LogP contribution is 2.18. The molecule has 154 valence electrons. The molecule has 0 spiro atoms. The van der Waals surface area contributed by atoms with Crippen LogP contribution in [-0.4, -0.2) is 52.3 Å². The molecular formula is C21H22ClN7O. The Morgan fingerprint density at radius 1 is 0.967 bits per heavy atom. The van der Waals surface area contributed by atoms with Crippen molar-refractivity contribution in [2.45, 2.75) is 6.92 Å². The number of anilines is 4. The third-order valence-corrected chi connectivity index (χ3v) is 5.06. The number of amides is 2. The topological polar surface area (TPSA) is 86.3 Å². The molecule has 0 radical (unpaired) electrons. The molecule has 1 aromatic carbocycles. The first-order valence-corrected chi connectivity index (χ1v) is 10.0. The minimum atomic E-state index is -0.117. The van der Waals surface area contributed by atoms with Gasteiger partial charge in [-0.25, -0.2) is 9.78 Å². The highest BCUT2D eigenvalue weighted by Gasteiger charge is 2.22. The van der Waals surface area contributed by atoms with Crippen LogP contribution in [0.5, 0.6) is 0 Å². The molecule has 9 heteroatoms. The molecular weight excluding hydrogens is 402 g/mol. The van der Waals surface area contributed by atoms with Crippen LogP contribution in [0.1, 0.15) is 5.56 Å². The molecule has 30 heavy (non-hydrogen) atoms. The molecule has 0 bridgehead atoms. The Labute approximate surface area is 179 Å². The van der Waals surface area contributed by atoms with Gasteiger partial charge in [0.25, 0.3) is 0 Å². The van der Waals surface area contributed by atoms with Gasteiger partial charge in [-0.15, -0.1) is 10.2 Å². The van der Waals surface area contributed by atoms with Crippen molar-refractivity contribution in [1.29, 1.82) is 0 Å². The number of nitrogens with zero attached hydrogens (tertiary/aromatic N) is 5. The maximum atomic E-state index is 12.5. The van der Waals surface area contributed by atoms with E-state index in [-0.39, 0.29) is 6.03 Å². The Bertz CT molecular complexity index is 1000. The van der Waals surface area contributed by atoms with Crippen molar-refractivity contribution in [1.82, 2.24) is 20.1 Å². The lowest BCUT2D eigenvalue weighted by Gasteiger charge is -2.35. The molecule has 1 fully saturated rings. The van der Waals surface area contributed by atoms with Crippen LogP contribution in [0.3, 0.4) is 0 Å². The van der Waals surface area contributed by atoms with Crippen LogP contribution in [0.25, 0.3) is 0 Å². The van der Waals surface area contributed by atoms with Crippen LogP contribution in [0.2, 0.25) is 5.02 Å². The van der Waals surface area contributed by atoms with E-state index >= 15 is 0 Å². The highest BCUT2D eigenvalue weighted by atomic mass is 35.5. The van der Waals surface area contributed by atoms with E-state index in [0.29, 0.717) is 37.0 Å². The summed E-state index contributed by atoms with van der Waals surface area (Å²) in [6.45, 7) is 4.60. The van der Waals surface area contributed by atoms with Crippen molar-refractivity contribution in [3.63, 3.8) is 0 Å². The van der Waals surface area contributed by atoms with Crippen molar-refractivity contribution in [2.75, 3.05) is 41.7 Å². The maximum absolute atomic E-state index is 12.5. The molecule has 1 aliphatic rings. The quantitative estimate of drug-likeness (QED) is 0.661. The number of carbonyl (C=O) groups excluding carboxylic acids is 1. The van der Waals surface area contributed by atoms with Gasteiger partial charge in [0, 0.05) is 43.1 Å². The van der Waals surface area contributed by atoms with Crippen molar-refractivity contribution >= 4 is 40.8 Å². The third-order valence-electron chi connectivity index (χ3n) is 4.81. The summed E-state index contributed by atoms with van der Waals surface area (Å²) in [5.74, 6) is 2.16. The fourth-order valence-corrected chi connectivity index (χ4v) is 3.30. The van der Waals surface area contributed by atoms with Gasteiger partial charge in [0.05, 0.1) is 0 Å². The molecule has 2 aromatic heterocycles. The first-order valence-electron chi connectivity index (χ1n) is 9.67. The Morgan fingerprint density at radius 2 is 1.73 bits per heavy atom. The number of nitrogens with one attached hydrogen (secondary N) is 2. The predicted octanol–water partition coefficient (Wildman–Crippen LogP) is 3.93. The van der Waals surface area contributed by atoms with E-state index in [9.17, 15) is 4.79 Å². The minimum absolute atomic E-state index is 0.117. The third kappa shape index (κ3) is 4.96. The average molecular weight is 424 g/mol. The molecule has 0 aliphatic carbocycles. The van der Waals surface area contributed by atoms with Gasteiger partial charge in [0.1, 0.15) is 5.82 Å². The number of halogens is 1. The Balaban J connectivity index is 1.30. The smallest absolute Gasteiger partial charge is 0.321 e. The Morgan fingerprint density at radius 3 is 2.40 bits per heavy atom. The van der Waals surface area contributed by atoms with Crippen LogP contribution in [0, 0.1) is 6.92 Å². The molecule has 3 heterocycles. The molecule has 8 nitrogen and oxygen atoms in total. The van der Waals surface area contributed by atoms with Crippen LogP contribution in [-0.2, 0) is 0 Å². The van der Waals surface area contributed by atoms with Gasteiger partial charge >= 0.3 is 6.03 Å². The SMILES string of the molecule is Cc1ccnc(Nc2ccc(N3CCN(C(=O)Nc4ccc(Cl)cc4)CC3)nn2)c1. The molecule has 1 saturated heterocycles. The summed E-state index contributed by atoms with van der Waals surface area (Å²) in [5.41, 5.74) is 1.85. The summed E-state index contributed by atoms with van der Waals surface area (Å²) in [6.07, 6.45) is 1.75. The van der Waals surface area contributed by atoms with E-state index in [1.54, 1.807) is 35.4 Å². The summed E-state index contributed by atoms with van der Waals surface area (Å²) in [6, 6.07) is 14.7. The zero-order valence-corrected chi connectivity index (χ0v) is 17.3. The zero-order valence-electron chi connectivity index (χ0n) is 16.5. The number of piperazine rings is 1. The van der Waals surface area contributed by atoms with Crippen LogP contribution in [0.4, 0.5) is 27.9 Å². The standard InChI is InChI=1S/C21H22ClN7O/c1-15-8-9-23-19(14-15)25-18-6-7-20(27-26-18)28-10-12-29(13-11-28)21(30)24-17-4-2-16(22)3-5-17/h2-9,14H,10-13H2,1H3,(H,24,30)(H,23,25,26). The number of pyridine rings is 1. The first kappa shape index (κ1) is 19.9. The lowest BCUT2D eigenvalue weighted by atomic mass is 10.3. The van der Waals surface area contributed by atoms with Gasteiger partial charge in [-0.05, 0) is 61.0 Å². The van der Waals surface area contributed by atoms with Gasteiger partial charge in [-0.3, -0.25) is 0 Å². The van der Waals surface area contributed by atoms with Crippen LogP contribution in [0.15, 0.2) is 54.7 Å². The number of urea groups is 1. The molecule has 0 unspecified atom stereocenters. The van der Waals surface area contributed by atoms with Crippen LogP contribution >= 0.6 is 11.6 Å². The van der Waals surface area contributed by atoms with E-state index in [1.165, 1.54) is 0 Å². The predicted molar refractivity (Wildman–Crippen MR) is 119 cm³/mol. The molecule has 2 N–H and O–H groups in total. The molecule has 0 atom stereocenters. The largest absolute Gasteiger partial charge is 0.352 e. The number of rotatable bonds is 4. The number of carbonyl (C=O) groups is 1. The van der Waals surface area contributed by atoms with E-state index in [2.05, 4.69) is 30.7 Å². The second-order valence-electron chi connectivity index (χ2n) is 7.03. The fraction of sp³-hybridized carbons (Fsp3) is 0.238. The molecule has 3 aromatic rings. The van der Waals surface area contributed by atoms with E-state index < -0.39 is 0 Å². The molecule has 0 saturated carbocycles. The minimum Gasteiger partial charge on any atom is -0.352 e. The van der Waals surface area contributed by atoms with Crippen LogP contribution < -0.4 is 15.5 Å². The van der Waals surface area contributed by atoms with Crippen molar-refractivity contribution in [2.24, 2.45) is 0 Å². The second kappa shape index (κ2) is 8.96. The molecule has 2 amide bonds. The van der Waals surface area contributed by atoms with Crippen molar-refractivity contribution < 1.29 is 4.79 Å². The molecule has 1 aliphatic heterocycles. The van der Waals surface area contributed by atoms with Gasteiger partial charge < -0.3 is 20.4 Å². The normalized spacial score (nSPS) is 13.8. The average Bonchev–Trinajstić information content (AvgIpc) is 2.76. The molecule has 4 rings (SSSR count). The van der Waals surface area contributed by atoms with E-state index in [1.807, 2.05) is 31.2 Å². The summed E-state index contributed by atoms with van der Waals surface area (Å²) >= 11 is 5.88. The van der Waals surface area contributed by atoms with E-state index in [4.69, 9.17) is 11.6 Å². The Hall–Kier alpha value is -3.39. The van der Waals surface area contributed by atoms with Gasteiger partial charge in [0.15, 0.2) is 11.6 Å². The summed E-state index contributed by atoms with van der Waals surface area (Å²) in [7, 11) is 0.